The molecular weight excluding hydrogens is 319 g/mol. The zero-order valence-corrected chi connectivity index (χ0v) is 12.5. The Morgan fingerprint density at radius 2 is 1.88 bits per heavy atom. The van der Waals surface area contributed by atoms with E-state index < -0.39 is 11.7 Å². The van der Waals surface area contributed by atoms with Gasteiger partial charge in [0.25, 0.3) is 0 Å². The third kappa shape index (κ3) is 2.98. The lowest BCUT2D eigenvalue weighted by Gasteiger charge is -2.13. The highest BCUT2D eigenvalue weighted by molar-refractivity contribution is 5.75. The van der Waals surface area contributed by atoms with Gasteiger partial charge in [0.1, 0.15) is 11.6 Å². The average Bonchev–Trinajstić information content (AvgIpc) is 3.07. The Bertz CT molecular complexity index is 858. The minimum atomic E-state index is -4.43. The summed E-state index contributed by atoms with van der Waals surface area (Å²) in [4.78, 5) is 4.20. The van der Waals surface area contributed by atoms with Crippen LogP contribution in [0.15, 0.2) is 53.1 Å². The highest BCUT2D eigenvalue weighted by atomic mass is 19.4. The highest BCUT2D eigenvalue weighted by Crippen LogP contribution is 2.34. The lowest BCUT2D eigenvalue weighted by atomic mass is 10.0. The predicted octanol–water partition coefficient (Wildman–Crippen LogP) is 4.07. The maximum Gasteiger partial charge on any atom is 0.416 e. The van der Waals surface area contributed by atoms with Crippen LogP contribution in [0.3, 0.4) is 0 Å². The van der Waals surface area contributed by atoms with Crippen molar-refractivity contribution in [1.82, 2.24) is 4.98 Å². The summed E-state index contributed by atoms with van der Waals surface area (Å²) in [7, 11) is 0. The zero-order valence-electron chi connectivity index (χ0n) is 12.5. The largest absolute Gasteiger partial charge is 0.464 e. The van der Waals surface area contributed by atoms with Crippen molar-refractivity contribution in [2.24, 2.45) is 5.73 Å². The number of pyridine rings is 1. The normalized spacial score (nSPS) is 11.7. The fourth-order valence-corrected chi connectivity index (χ4v) is 2.46. The van der Waals surface area contributed by atoms with E-state index in [-0.39, 0.29) is 12.4 Å². The molecule has 0 unspecified atom stereocenters. The summed E-state index contributed by atoms with van der Waals surface area (Å²) < 4.78 is 44.1. The van der Waals surface area contributed by atoms with Crippen LogP contribution in [-0.2, 0) is 12.7 Å². The molecule has 0 spiro atoms. The molecule has 0 saturated heterocycles. The summed E-state index contributed by atoms with van der Waals surface area (Å²) in [6, 6.07) is 9.99. The summed E-state index contributed by atoms with van der Waals surface area (Å²) >= 11 is 0. The van der Waals surface area contributed by atoms with Crippen LogP contribution in [0.1, 0.15) is 11.1 Å². The Hall–Kier alpha value is -2.80. The van der Waals surface area contributed by atoms with Crippen molar-refractivity contribution in [3.8, 4) is 22.6 Å². The van der Waals surface area contributed by atoms with Crippen LogP contribution in [0.2, 0.25) is 0 Å². The third-order valence-electron chi connectivity index (χ3n) is 3.63. The molecule has 4 nitrogen and oxygen atoms in total. The Morgan fingerprint density at radius 3 is 2.50 bits per heavy atom. The zero-order chi connectivity index (χ0) is 17.3. The van der Waals surface area contributed by atoms with Crippen molar-refractivity contribution in [3.05, 3.63) is 59.9 Å². The quantitative estimate of drug-likeness (QED) is 0.757. The van der Waals surface area contributed by atoms with Gasteiger partial charge < -0.3 is 15.9 Å². The van der Waals surface area contributed by atoms with E-state index in [9.17, 15) is 13.2 Å². The molecule has 0 radical (unpaired) electrons. The van der Waals surface area contributed by atoms with Crippen molar-refractivity contribution < 1.29 is 17.6 Å². The number of nitrogens with two attached hydrogens (primary N) is 2. The van der Waals surface area contributed by atoms with Crippen molar-refractivity contribution in [2.75, 3.05) is 5.73 Å². The standard InChI is InChI=1S/C17H14F3N3O/c18-17(19,20)11-4-1-3-10(7-11)14-8-12(15-5-2-6-24-15)13(9-21)16(22)23-14/h1-8H,9,21H2,(H2,22,23). The number of hydrogen-bond donors (Lipinski definition) is 2. The molecule has 0 atom stereocenters. The summed E-state index contributed by atoms with van der Waals surface area (Å²) in [6.45, 7) is 0.137. The molecule has 0 saturated carbocycles. The average molecular weight is 333 g/mol. The lowest BCUT2D eigenvalue weighted by molar-refractivity contribution is -0.137. The van der Waals surface area contributed by atoms with Gasteiger partial charge in [0.15, 0.2) is 0 Å². The van der Waals surface area contributed by atoms with Crippen LogP contribution in [0.25, 0.3) is 22.6 Å². The summed E-state index contributed by atoms with van der Waals surface area (Å²) in [6.07, 6.45) is -2.93. The van der Waals surface area contributed by atoms with Crippen LogP contribution in [0.5, 0.6) is 0 Å². The van der Waals surface area contributed by atoms with Gasteiger partial charge in [0.2, 0.25) is 0 Å². The number of furan rings is 1. The second kappa shape index (κ2) is 6.01. The second-order valence-electron chi connectivity index (χ2n) is 5.18. The van der Waals surface area contributed by atoms with Crippen molar-refractivity contribution in [2.45, 2.75) is 12.7 Å². The van der Waals surface area contributed by atoms with Crippen LogP contribution >= 0.6 is 0 Å². The smallest absolute Gasteiger partial charge is 0.416 e. The van der Waals surface area contributed by atoms with Crippen molar-refractivity contribution >= 4 is 5.82 Å². The number of nitrogens with zero attached hydrogens (tertiary/aromatic N) is 1. The predicted molar refractivity (Wildman–Crippen MR) is 84.7 cm³/mol. The highest BCUT2D eigenvalue weighted by Gasteiger charge is 2.30. The molecule has 0 aliphatic rings. The SMILES string of the molecule is NCc1c(-c2ccco2)cc(-c2cccc(C(F)(F)F)c2)nc1N. The number of alkyl halides is 3. The molecule has 7 heteroatoms. The van der Waals surface area contributed by atoms with E-state index in [0.717, 1.165) is 12.1 Å². The number of hydrogen-bond acceptors (Lipinski definition) is 4. The fourth-order valence-electron chi connectivity index (χ4n) is 2.46. The molecule has 0 aliphatic carbocycles. The summed E-state index contributed by atoms with van der Waals surface area (Å²) in [5.41, 5.74) is 12.7. The minimum absolute atomic E-state index is 0.137. The molecule has 24 heavy (non-hydrogen) atoms. The van der Waals surface area contributed by atoms with Crippen LogP contribution in [0.4, 0.5) is 19.0 Å². The molecule has 2 heterocycles. The van der Waals surface area contributed by atoms with Gasteiger partial charge in [0, 0.05) is 23.2 Å². The maximum atomic E-state index is 12.9. The minimum Gasteiger partial charge on any atom is -0.464 e. The monoisotopic (exact) mass is 333 g/mol. The maximum absolute atomic E-state index is 12.9. The first-order valence-corrected chi connectivity index (χ1v) is 7.11. The van der Waals surface area contributed by atoms with Gasteiger partial charge in [-0.05, 0) is 30.3 Å². The molecule has 1 aromatic carbocycles. The molecular formula is C17H14F3N3O. The summed E-state index contributed by atoms with van der Waals surface area (Å²) in [5, 5.41) is 0. The molecule has 0 amide bonds. The van der Waals surface area contributed by atoms with Gasteiger partial charge >= 0.3 is 6.18 Å². The Kier molecular flexibility index (Phi) is 4.02. The molecule has 0 bridgehead atoms. The third-order valence-corrected chi connectivity index (χ3v) is 3.63. The molecule has 2 aromatic heterocycles. The first-order valence-electron chi connectivity index (χ1n) is 7.11. The molecule has 3 rings (SSSR count). The molecule has 0 fully saturated rings. The van der Waals surface area contributed by atoms with Gasteiger partial charge in [-0.3, -0.25) is 0 Å². The second-order valence-corrected chi connectivity index (χ2v) is 5.18. The van der Waals surface area contributed by atoms with Crippen LogP contribution in [-0.4, -0.2) is 4.98 Å². The van der Waals surface area contributed by atoms with E-state index in [1.54, 1.807) is 24.3 Å². The first-order chi connectivity index (χ1) is 11.4. The van der Waals surface area contributed by atoms with E-state index in [2.05, 4.69) is 4.98 Å². The van der Waals surface area contributed by atoms with Crippen molar-refractivity contribution in [3.63, 3.8) is 0 Å². The van der Waals surface area contributed by atoms with Gasteiger partial charge in [0.05, 0.1) is 17.5 Å². The molecule has 3 aromatic rings. The van der Waals surface area contributed by atoms with E-state index in [0.29, 0.717) is 28.1 Å². The number of aromatic nitrogens is 1. The van der Waals surface area contributed by atoms with Gasteiger partial charge in [-0.25, -0.2) is 4.98 Å². The Balaban J connectivity index is 2.16. The van der Waals surface area contributed by atoms with Gasteiger partial charge in [-0.1, -0.05) is 12.1 Å². The fraction of sp³-hybridized carbons (Fsp3) is 0.118. The number of anilines is 1. The first kappa shape index (κ1) is 16.1. The number of nitrogen functional groups attached to an aromatic ring is 1. The Morgan fingerprint density at radius 1 is 1.08 bits per heavy atom. The van der Waals surface area contributed by atoms with Gasteiger partial charge in [-0.2, -0.15) is 13.2 Å². The van der Waals surface area contributed by atoms with Crippen LogP contribution < -0.4 is 11.5 Å². The topological polar surface area (TPSA) is 78.1 Å². The van der Waals surface area contributed by atoms with Gasteiger partial charge in [-0.15, -0.1) is 0 Å². The summed E-state index contributed by atoms with van der Waals surface area (Å²) in [5.74, 6) is 0.691. The number of halogens is 3. The Labute approximate surface area is 135 Å². The molecule has 124 valence electrons. The van der Waals surface area contributed by atoms with E-state index in [1.165, 1.54) is 12.3 Å². The van der Waals surface area contributed by atoms with Crippen LogP contribution in [0, 0.1) is 0 Å². The number of benzene rings is 1. The number of rotatable bonds is 3. The van der Waals surface area contributed by atoms with E-state index in [1.807, 2.05) is 0 Å². The van der Waals surface area contributed by atoms with E-state index in [4.69, 9.17) is 15.9 Å². The van der Waals surface area contributed by atoms with E-state index >= 15 is 0 Å². The van der Waals surface area contributed by atoms with Crippen molar-refractivity contribution in [1.29, 1.82) is 0 Å². The molecule has 4 N–H and O–H groups in total. The molecule has 0 aliphatic heterocycles. The lowest BCUT2D eigenvalue weighted by Crippen LogP contribution is -2.07.